The molecule has 228 valence electrons. The molecular formula is C30H31ClF2N4O5S. The van der Waals surface area contributed by atoms with E-state index in [0.29, 0.717) is 37.2 Å². The standard InChI is InChI=1S/C30H31ClF2N4O5S/c1-3-42-29(39)30(12-13-30)36-43(40,41)27-25(31)26(35-24-9-8-22(33)16-18(24)2)23(17-34-27)28(38)37-14-10-20(11-15-37)19-4-6-21(32)7-5-19/h4-9,16-17,20,36H,3,10-15H2,1-2H3,(H,34,35). The van der Waals surface area contributed by atoms with Crippen molar-refractivity contribution in [3.63, 3.8) is 0 Å². The molecule has 0 unspecified atom stereocenters. The second kappa shape index (κ2) is 12.2. The van der Waals surface area contributed by atoms with Gasteiger partial charge in [-0.3, -0.25) is 9.59 Å². The third-order valence-electron chi connectivity index (χ3n) is 7.79. The number of likely N-dealkylation sites (tertiary alicyclic amines) is 1. The number of nitrogens with one attached hydrogen (secondary N) is 2. The lowest BCUT2D eigenvalue weighted by Gasteiger charge is -2.33. The number of halogens is 3. The van der Waals surface area contributed by atoms with Gasteiger partial charge in [-0.2, -0.15) is 4.72 Å². The molecule has 2 aliphatic rings. The molecule has 9 nitrogen and oxygen atoms in total. The number of carbonyl (C=O) groups is 2. The SMILES string of the molecule is CCOC(=O)C1(NS(=O)(=O)c2ncc(C(=O)N3CCC(c4ccc(F)cc4)CC3)c(Nc3ccc(F)cc3C)c2Cl)CC1. The number of hydrogen-bond donors (Lipinski definition) is 2. The first-order valence-electron chi connectivity index (χ1n) is 13.9. The average molecular weight is 633 g/mol. The zero-order chi connectivity index (χ0) is 30.9. The second-order valence-electron chi connectivity index (χ2n) is 10.8. The summed E-state index contributed by atoms with van der Waals surface area (Å²) in [4.78, 5) is 31.9. The molecule has 1 saturated heterocycles. The molecule has 13 heteroatoms. The van der Waals surface area contributed by atoms with Gasteiger partial charge >= 0.3 is 5.97 Å². The van der Waals surface area contributed by atoms with Crippen molar-refractivity contribution in [1.29, 1.82) is 0 Å². The molecule has 2 aromatic carbocycles. The fraction of sp³-hybridized carbons (Fsp3) is 0.367. The van der Waals surface area contributed by atoms with Gasteiger partial charge in [0.15, 0.2) is 5.03 Å². The fourth-order valence-corrected chi connectivity index (χ4v) is 7.14. The molecule has 3 aromatic rings. The molecule has 0 bridgehead atoms. The molecule has 0 radical (unpaired) electrons. The average Bonchev–Trinajstić information content (AvgIpc) is 3.75. The van der Waals surface area contributed by atoms with Crippen LogP contribution in [0.1, 0.15) is 60.0 Å². The largest absolute Gasteiger partial charge is 0.465 e. The van der Waals surface area contributed by atoms with Gasteiger partial charge < -0.3 is 15.0 Å². The van der Waals surface area contributed by atoms with Gasteiger partial charge in [-0.05, 0) is 86.9 Å². The first kappa shape index (κ1) is 30.8. The minimum atomic E-state index is -4.43. The second-order valence-corrected chi connectivity index (χ2v) is 12.8. The summed E-state index contributed by atoms with van der Waals surface area (Å²) in [6.45, 7) is 4.16. The van der Waals surface area contributed by atoms with Crippen molar-refractivity contribution >= 4 is 44.9 Å². The molecule has 2 heterocycles. The van der Waals surface area contributed by atoms with Gasteiger partial charge in [-0.1, -0.05) is 23.7 Å². The minimum Gasteiger partial charge on any atom is -0.465 e. The van der Waals surface area contributed by atoms with Crippen molar-refractivity contribution in [2.75, 3.05) is 25.0 Å². The summed E-state index contributed by atoms with van der Waals surface area (Å²) in [5, 5.41) is 2.10. The van der Waals surface area contributed by atoms with E-state index in [1.807, 2.05) is 0 Å². The van der Waals surface area contributed by atoms with Gasteiger partial charge in [0.2, 0.25) is 0 Å². The quantitative estimate of drug-likeness (QED) is 0.301. The summed E-state index contributed by atoms with van der Waals surface area (Å²) in [6, 6.07) is 10.3. The highest BCUT2D eigenvalue weighted by Crippen LogP contribution is 2.41. The number of amides is 1. The molecule has 43 heavy (non-hydrogen) atoms. The van der Waals surface area contributed by atoms with Gasteiger partial charge in [0.05, 0.1) is 17.9 Å². The summed E-state index contributed by atoms with van der Waals surface area (Å²) in [6.07, 6.45) is 2.94. The van der Waals surface area contributed by atoms with Crippen LogP contribution in [0.15, 0.2) is 53.7 Å². The Bertz CT molecular complexity index is 1660. The Labute approximate surface area is 253 Å². The van der Waals surface area contributed by atoms with Crippen LogP contribution in [0.3, 0.4) is 0 Å². The number of piperidine rings is 1. The van der Waals surface area contributed by atoms with Crippen molar-refractivity contribution in [3.05, 3.63) is 82.0 Å². The number of aryl methyl sites for hydroxylation is 1. The third-order valence-corrected chi connectivity index (χ3v) is 9.75. The number of aromatic nitrogens is 1. The molecule has 1 amide bonds. The summed E-state index contributed by atoms with van der Waals surface area (Å²) in [5.41, 5.74) is 0.501. The van der Waals surface area contributed by atoms with Crippen molar-refractivity contribution in [1.82, 2.24) is 14.6 Å². The van der Waals surface area contributed by atoms with Crippen molar-refractivity contribution in [3.8, 4) is 0 Å². The Kier molecular flexibility index (Phi) is 8.73. The van der Waals surface area contributed by atoms with E-state index in [-0.39, 0.29) is 47.5 Å². The van der Waals surface area contributed by atoms with Gasteiger partial charge in [-0.25, -0.2) is 22.2 Å². The van der Waals surface area contributed by atoms with E-state index >= 15 is 0 Å². The van der Waals surface area contributed by atoms with E-state index in [1.165, 1.54) is 30.3 Å². The molecule has 0 spiro atoms. The van der Waals surface area contributed by atoms with Crippen LogP contribution >= 0.6 is 11.6 Å². The first-order valence-corrected chi connectivity index (χ1v) is 15.8. The predicted octanol–water partition coefficient (Wildman–Crippen LogP) is 5.46. The summed E-state index contributed by atoms with van der Waals surface area (Å²) >= 11 is 6.69. The number of esters is 1. The maximum atomic E-state index is 13.8. The maximum Gasteiger partial charge on any atom is 0.327 e. The highest BCUT2D eigenvalue weighted by molar-refractivity contribution is 7.89. The van der Waals surface area contributed by atoms with E-state index in [4.69, 9.17) is 16.3 Å². The van der Waals surface area contributed by atoms with Gasteiger partial charge in [0.25, 0.3) is 15.9 Å². The monoisotopic (exact) mass is 632 g/mol. The Morgan fingerprint density at radius 3 is 2.35 bits per heavy atom. The van der Waals surface area contributed by atoms with Crippen LogP contribution in [0, 0.1) is 18.6 Å². The van der Waals surface area contributed by atoms with E-state index in [0.717, 1.165) is 11.8 Å². The maximum absolute atomic E-state index is 13.8. The Hall–Kier alpha value is -3.61. The number of sulfonamides is 1. The molecule has 1 aliphatic carbocycles. The van der Waals surface area contributed by atoms with Crippen LogP contribution in [0.5, 0.6) is 0 Å². The topological polar surface area (TPSA) is 118 Å². The number of pyridine rings is 1. The fourth-order valence-electron chi connectivity index (χ4n) is 5.21. The molecule has 2 fully saturated rings. The zero-order valence-electron chi connectivity index (χ0n) is 23.6. The van der Waals surface area contributed by atoms with Gasteiger partial charge in [0, 0.05) is 25.0 Å². The molecular weight excluding hydrogens is 602 g/mol. The van der Waals surface area contributed by atoms with Crippen LogP contribution < -0.4 is 10.0 Å². The lowest BCUT2D eigenvalue weighted by atomic mass is 9.89. The van der Waals surface area contributed by atoms with E-state index in [1.54, 1.807) is 30.9 Å². The van der Waals surface area contributed by atoms with Crippen molar-refractivity contribution in [2.24, 2.45) is 0 Å². The van der Waals surface area contributed by atoms with Crippen LogP contribution in [0.25, 0.3) is 0 Å². The van der Waals surface area contributed by atoms with Gasteiger partial charge in [-0.15, -0.1) is 0 Å². The smallest absolute Gasteiger partial charge is 0.327 e. The zero-order valence-corrected chi connectivity index (χ0v) is 25.2. The molecule has 1 aromatic heterocycles. The number of carbonyl (C=O) groups excluding carboxylic acids is 2. The minimum absolute atomic E-state index is 0.0154. The van der Waals surface area contributed by atoms with E-state index in [2.05, 4.69) is 15.0 Å². The van der Waals surface area contributed by atoms with E-state index in [9.17, 15) is 26.8 Å². The number of rotatable bonds is 9. The normalized spacial score (nSPS) is 16.5. The molecule has 0 atom stereocenters. The van der Waals surface area contributed by atoms with Crippen molar-refractivity contribution in [2.45, 2.75) is 56.0 Å². The molecule has 5 rings (SSSR count). The summed E-state index contributed by atoms with van der Waals surface area (Å²) in [7, 11) is -4.43. The Morgan fingerprint density at radius 1 is 1.09 bits per heavy atom. The Morgan fingerprint density at radius 2 is 1.74 bits per heavy atom. The number of benzene rings is 2. The molecule has 1 aliphatic heterocycles. The first-order chi connectivity index (χ1) is 20.4. The summed E-state index contributed by atoms with van der Waals surface area (Å²) < 4.78 is 61.5. The van der Waals surface area contributed by atoms with Crippen LogP contribution in [-0.4, -0.2) is 55.4 Å². The summed E-state index contributed by atoms with van der Waals surface area (Å²) in [5.74, 6) is -1.74. The number of hydrogen-bond acceptors (Lipinski definition) is 7. The lowest BCUT2D eigenvalue weighted by molar-refractivity contribution is -0.146. The van der Waals surface area contributed by atoms with Crippen LogP contribution in [0.4, 0.5) is 20.2 Å². The molecule has 2 N–H and O–H groups in total. The van der Waals surface area contributed by atoms with Crippen molar-refractivity contribution < 1.29 is 31.5 Å². The highest BCUT2D eigenvalue weighted by atomic mass is 35.5. The highest BCUT2D eigenvalue weighted by Gasteiger charge is 2.54. The molecule has 1 saturated carbocycles. The predicted molar refractivity (Wildman–Crippen MR) is 157 cm³/mol. The Balaban J connectivity index is 1.46. The third kappa shape index (κ3) is 6.51. The number of ether oxygens (including phenoxy) is 1. The lowest BCUT2D eigenvalue weighted by Crippen LogP contribution is -2.44. The van der Waals surface area contributed by atoms with Crippen LogP contribution in [0.2, 0.25) is 5.02 Å². The number of nitrogens with zero attached hydrogens (tertiary/aromatic N) is 2. The van der Waals surface area contributed by atoms with Crippen LogP contribution in [-0.2, 0) is 19.6 Å². The van der Waals surface area contributed by atoms with E-state index < -0.39 is 38.3 Å². The van der Waals surface area contributed by atoms with Gasteiger partial charge in [0.1, 0.15) is 22.2 Å². The number of anilines is 2.